The molecule has 1 nitrogen and oxygen atoms in total. The minimum atomic E-state index is 1.09. The van der Waals surface area contributed by atoms with Crippen LogP contribution in [-0.2, 0) is 0 Å². The molecule has 0 unspecified atom stereocenters. The van der Waals surface area contributed by atoms with Crippen LogP contribution in [0.4, 0.5) is 5.69 Å². The normalized spacial score (nSPS) is 10.7. The topological polar surface area (TPSA) is 12.0 Å². The second kappa shape index (κ2) is 5.17. The molecule has 2 aromatic rings. The molecule has 0 aliphatic heterocycles. The van der Waals surface area contributed by atoms with Gasteiger partial charge < -0.3 is 5.32 Å². The predicted molar refractivity (Wildman–Crippen MR) is 69.8 cm³/mol. The van der Waals surface area contributed by atoms with Crippen molar-refractivity contribution >= 4 is 27.1 Å². The van der Waals surface area contributed by atoms with E-state index in [9.17, 15) is 0 Å². The Morgan fingerprint density at radius 3 is 3.00 bits per heavy atom. The summed E-state index contributed by atoms with van der Waals surface area (Å²) in [5.41, 5.74) is 1.29. The molecule has 0 aliphatic carbocycles. The number of hydrogen-bond acceptors (Lipinski definition) is 2. The Hall–Kier alpha value is -1.02. The summed E-state index contributed by atoms with van der Waals surface area (Å²) in [4.78, 5) is 0. The minimum Gasteiger partial charge on any atom is -0.384 e. The SMILES string of the molecule is CCCCCNc1cccc2ccsc12. The van der Waals surface area contributed by atoms with E-state index >= 15 is 0 Å². The lowest BCUT2D eigenvalue weighted by Crippen LogP contribution is -2.00. The Morgan fingerprint density at radius 1 is 1.20 bits per heavy atom. The van der Waals surface area contributed by atoms with Crippen LogP contribution in [0, 0.1) is 0 Å². The van der Waals surface area contributed by atoms with Gasteiger partial charge in [0.15, 0.2) is 0 Å². The molecule has 0 saturated heterocycles. The molecule has 2 heteroatoms. The standard InChI is InChI=1S/C13H17NS/c1-2-3-4-9-14-12-7-5-6-11-8-10-15-13(11)12/h5-8,10,14H,2-4,9H2,1H3. The molecule has 0 radical (unpaired) electrons. The first-order valence-corrected chi connectivity index (χ1v) is 6.50. The summed E-state index contributed by atoms with van der Waals surface area (Å²) in [5.74, 6) is 0. The monoisotopic (exact) mass is 219 g/mol. The lowest BCUT2D eigenvalue weighted by atomic mass is 10.2. The Kier molecular flexibility index (Phi) is 3.62. The van der Waals surface area contributed by atoms with E-state index < -0.39 is 0 Å². The van der Waals surface area contributed by atoms with Crippen LogP contribution in [0.15, 0.2) is 29.6 Å². The van der Waals surface area contributed by atoms with Crippen LogP contribution in [0.5, 0.6) is 0 Å². The molecule has 0 aliphatic rings. The molecule has 2 rings (SSSR count). The van der Waals surface area contributed by atoms with Gasteiger partial charge in [-0.1, -0.05) is 31.9 Å². The molecule has 0 spiro atoms. The van der Waals surface area contributed by atoms with Gasteiger partial charge in [0.1, 0.15) is 0 Å². The molecular formula is C13H17NS. The zero-order chi connectivity index (χ0) is 10.5. The molecule has 80 valence electrons. The second-order valence-corrected chi connectivity index (χ2v) is 4.69. The lowest BCUT2D eigenvalue weighted by molar-refractivity contribution is 0.744. The van der Waals surface area contributed by atoms with Crippen molar-refractivity contribution in [2.75, 3.05) is 11.9 Å². The number of fused-ring (bicyclic) bond motifs is 1. The van der Waals surface area contributed by atoms with E-state index in [0.717, 1.165) is 6.54 Å². The fourth-order valence-electron chi connectivity index (χ4n) is 1.73. The fourth-order valence-corrected chi connectivity index (χ4v) is 2.62. The van der Waals surface area contributed by atoms with E-state index in [1.807, 2.05) is 11.3 Å². The van der Waals surface area contributed by atoms with Crippen LogP contribution in [0.25, 0.3) is 10.1 Å². The highest BCUT2D eigenvalue weighted by Crippen LogP contribution is 2.28. The Balaban J connectivity index is 2.04. The van der Waals surface area contributed by atoms with Crippen LogP contribution in [-0.4, -0.2) is 6.54 Å². The Labute approximate surface area is 95.1 Å². The molecule has 0 saturated carbocycles. The van der Waals surface area contributed by atoms with Crippen molar-refractivity contribution in [2.24, 2.45) is 0 Å². The Bertz CT molecular complexity index is 419. The third-order valence-corrected chi connectivity index (χ3v) is 3.54. The molecule has 1 aromatic heterocycles. The number of unbranched alkanes of at least 4 members (excludes halogenated alkanes) is 2. The third-order valence-electron chi connectivity index (χ3n) is 2.57. The average Bonchev–Trinajstić information content (AvgIpc) is 2.73. The molecule has 0 fully saturated rings. The third kappa shape index (κ3) is 2.51. The van der Waals surface area contributed by atoms with Gasteiger partial charge in [-0.05, 0) is 29.3 Å². The maximum absolute atomic E-state index is 3.52. The summed E-state index contributed by atoms with van der Waals surface area (Å²) in [7, 11) is 0. The van der Waals surface area contributed by atoms with Gasteiger partial charge in [0.05, 0.1) is 10.4 Å². The van der Waals surface area contributed by atoms with Gasteiger partial charge in [0.25, 0.3) is 0 Å². The van der Waals surface area contributed by atoms with Gasteiger partial charge in [-0.2, -0.15) is 0 Å². The zero-order valence-electron chi connectivity index (χ0n) is 9.12. The van der Waals surface area contributed by atoms with Crippen LogP contribution in [0.3, 0.4) is 0 Å². The van der Waals surface area contributed by atoms with E-state index in [0.29, 0.717) is 0 Å². The summed E-state index contributed by atoms with van der Waals surface area (Å²) < 4.78 is 1.38. The number of thiophene rings is 1. The number of hydrogen-bond donors (Lipinski definition) is 1. The van der Waals surface area contributed by atoms with Crippen molar-refractivity contribution < 1.29 is 0 Å². The van der Waals surface area contributed by atoms with Crippen molar-refractivity contribution in [1.82, 2.24) is 0 Å². The maximum Gasteiger partial charge on any atom is 0.0574 e. The second-order valence-electron chi connectivity index (χ2n) is 3.78. The molecule has 0 amide bonds. The first-order chi connectivity index (χ1) is 7.42. The molecule has 1 heterocycles. The van der Waals surface area contributed by atoms with Crippen LogP contribution in [0.2, 0.25) is 0 Å². The summed E-state index contributed by atoms with van der Waals surface area (Å²) in [5, 5.41) is 7.02. The highest BCUT2D eigenvalue weighted by atomic mass is 32.1. The van der Waals surface area contributed by atoms with Gasteiger partial charge in [-0.25, -0.2) is 0 Å². The predicted octanol–water partition coefficient (Wildman–Crippen LogP) is 4.50. The van der Waals surface area contributed by atoms with Gasteiger partial charge >= 0.3 is 0 Å². The number of benzene rings is 1. The smallest absolute Gasteiger partial charge is 0.0574 e. The molecule has 15 heavy (non-hydrogen) atoms. The highest BCUT2D eigenvalue weighted by molar-refractivity contribution is 7.17. The fraction of sp³-hybridized carbons (Fsp3) is 0.385. The van der Waals surface area contributed by atoms with E-state index in [1.54, 1.807) is 0 Å². The van der Waals surface area contributed by atoms with Gasteiger partial charge in [-0.15, -0.1) is 11.3 Å². The van der Waals surface area contributed by atoms with Crippen molar-refractivity contribution in [2.45, 2.75) is 26.2 Å². The first-order valence-electron chi connectivity index (χ1n) is 5.62. The highest BCUT2D eigenvalue weighted by Gasteiger charge is 2.00. The molecule has 0 bridgehead atoms. The van der Waals surface area contributed by atoms with Crippen molar-refractivity contribution in [3.8, 4) is 0 Å². The number of rotatable bonds is 5. The minimum absolute atomic E-state index is 1.09. The van der Waals surface area contributed by atoms with Gasteiger partial charge in [-0.3, -0.25) is 0 Å². The summed E-state index contributed by atoms with van der Waals surface area (Å²) >= 11 is 1.82. The number of nitrogens with one attached hydrogen (secondary N) is 1. The summed E-state index contributed by atoms with van der Waals surface area (Å²) in [6, 6.07) is 8.64. The van der Waals surface area contributed by atoms with Crippen LogP contribution in [0.1, 0.15) is 26.2 Å². The average molecular weight is 219 g/mol. The van der Waals surface area contributed by atoms with E-state index in [1.165, 1.54) is 35.0 Å². The molecule has 0 atom stereocenters. The molecule has 1 aromatic carbocycles. The number of anilines is 1. The van der Waals surface area contributed by atoms with Crippen LogP contribution >= 0.6 is 11.3 Å². The van der Waals surface area contributed by atoms with Crippen molar-refractivity contribution in [1.29, 1.82) is 0 Å². The van der Waals surface area contributed by atoms with Gasteiger partial charge in [0.2, 0.25) is 0 Å². The largest absolute Gasteiger partial charge is 0.384 e. The molecular weight excluding hydrogens is 202 g/mol. The van der Waals surface area contributed by atoms with Crippen molar-refractivity contribution in [3.63, 3.8) is 0 Å². The maximum atomic E-state index is 3.52. The lowest BCUT2D eigenvalue weighted by Gasteiger charge is -2.06. The van der Waals surface area contributed by atoms with E-state index in [4.69, 9.17) is 0 Å². The van der Waals surface area contributed by atoms with Crippen LogP contribution < -0.4 is 5.32 Å². The summed E-state index contributed by atoms with van der Waals surface area (Å²) in [6.07, 6.45) is 3.86. The van der Waals surface area contributed by atoms with E-state index in [2.05, 4.69) is 41.9 Å². The summed E-state index contributed by atoms with van der Waals surface area (Å²) in [6.45, 7) is 3.32. The first kappa shape index (κ1) is 10.5. The molecule has 1 N–H and O–H groups in total. The van der Waals surface area contributed by atoms with E-state index in [-0.39, 0.29) is 0 Å². The Morgan fingerprint density at radius 2 is 2.13 bits per heavy atom. The zero-order valence-corrected chi connectivity index (χ0v) is 9.94. The van der Waals surface area contributed by atoms with Gasteiger partial charge in [0, 0.05) is 6.54 Å². The quantitative estimate of drug-likeness (QED) is 0.730. The van der Waals surface area contributed by atoms with Crippen molar-refractivity contribution in [3.05, 3.63) is 29.6 Å².